The number of rotatable bonds is 8. The van der Waals surface area contributed by atoms with Crippen molar-refractivity contribution >= 4 is 11.0 Å². The molecule has 1 unspecified atom stereocenters. The summed E-state index contributed by atoms with van der Waals surface area (Å²) in [5.74, 6) is 1.85. The van der Waals surface area contributed by atoms with Crippen molar-refractivity contribution in [3.63, 3.8) is 0 Å². The Morgan fingerprint density at radius 2 is 1.92 bits per heavy atom. The molecule has 2 aromatic carbocycles. The first-order valence-corrected chi connectivity index (χ1v) is 8.74. The van der Waals surface area contributed by atoms with Crippen molar-refractivity contribution < 1.29 is 9.84 Å². The molecule has 25 heavy (non-hydrogen) atoms. The number of hydrogen-bond acceptors (Lipinski definition) is 4. The predicted molar refractivity (Wildman–Crippen MR) is 99.7 cm³/mol. The highest BCUT2D eigenvalue weighted by Crippen LogP contribution is 2.22. The Bertz CT molecular complexity index is 829. The van der Waals surface area contributed by atoms with Crippen LogP contribution in [0, 0.1) is 0 Å². The number of fused-ring (bicyclic) bond motifs is 1. The number of ether oxygens (including phenoxy) is 1. The van der Waals surface area contributed by atoms with Crippen LogP contribution >= 0.6 is 0 Å². The molecule has 0 bridgehead atoms. The molecule has 0 amide bonds. The van der Waals surface area contributed by atoms with Crippen LogP contribution in [0.15, 0.2) is 48.5 Å². The van der Waals surface area contributed by atoms with Gasteiger partial charge in [-0.2, -0.15) is 0 Å². The molecule has 0 fully saturated rings. The Labute approximate surface area is 148 Å². The van der Waals surface area contributed by atoms with Gasteiger partial charge in [-0.3, -0.25) is 0 Å². The second-order valence-electron chi connectivity index (χ2n) is 5.99. The molecule has 5 heteroatoms. The quantitative estimate of drug-likeness (QED) is 0.661. The number of para-hydroxylation sites is 3. The average molecular weight is 339 g/mol. The Balaban J connectivity index is 1.76. The van der Waals surface area contributed by atoms with Gasteiger partial charge in [-0.05, 0) is 32.0 Å². The first-order valence-electron chi connectivity index (χ1n) is 8.74. The molecule has 0 aliphatic rings. The van der Waals surface area contributed by atoms with Crippen LogP contribution in [0.4, 0.5) is 0 Å². The lowest BCUT2D eigenvalue weighted by Crippen LogP contribution is -2.22. The lowest BCUT2D eigenvalue weighted by molar-refractivity contribution is 0.200. The number of benzene rings is 2. The van der Waals surface area contributed by atoms with Crippen LogP contribution in [0.25, 0.3) is 11.0 Å². The van der Waals surface area contributed by atoms with E-state index >= 15 is 0 Å². The van der Waals surface area contributed by atoms with Crippen molar-refractivity contribution in [1.29, 1.82) is 0 Å². The fourth-order valence-corrected chi connectivity index (χ4v) is 3.06. The first kappa shape index (κ1) is 17.5. The summed E-state index contributed by atoms with van der Waals surface area (Å²) in [5.41, 5.74) is 3.27. The maximum Gasteiger partial charge on any atom is 0.126 e. The number of aromatic nitrogens is 2. The van der Waals surface area contributed by atoms with E-state index in [0.29, 0.717) is 13.2 Å². The predicted octanol–water partition coefficient (Wildman–Crippen LogP) is 3.28. The summed E-state index contributed by atoms with van der Waals surface area (Å²) in [5, 5.41) is 12.5. The Hall–Kier alpha value is -2.37. The molecule has 1 atom stereocenters. The molecule has 0 saturated carbocycles. The van der Waals surface area contributed by atoms with Gasteiger partial charge < -0.3 is 19.7 Å². The molecule has 132 valence electrons. The maximum atomic E-state index is 8.96. The van der Waals surface area contributed by atoms with Crippen molar-refractivity contribution in [2.24, 2.45) is 0 Å². The molecular formula is C20H25N3O2. The number of nitrogens with one attached hydrogen (secondary N) is 1. The van der Waals surface area contributed by atoms with Gasteiger partial charge in [-0.25, -0.2) is 4.98 Å². The third-order valence-electron chi connectivity index (χ3n) is 4.31. The first-order chi connectivity index (χ1) is 12.2. The van der Waals surface area contributed by atoms with E-state index in [4.69, 9.17) is 14.8 Å². The normalized spacial score (nSPS) is 12.4. The van der Waals surface area contributed by atoms with Gasteiger partial charge in [0.2, 0.25) is 0 Å². The van der Waals surface area contributed by atoms with E-state index in [1.54, 1.807) is 0 Å². The summed E-state index contributed by atoms with van der Waals surface area (Å²) in [6.45, 7) is 6.15. The van der Waals surface area contributed by atoms with Gasteiger partial charge in [0.05, 0.1) is 23.7 Å². The molecule has 1 aromatic heterocycles. The van der Waals surface area contributed by atoms with Crippen LogP contribution in [0.5, 0.6) is 5.75 Å². The van der Waals surface area contributed by atoms with Crippen LogP contribution in [0.1, 0.15) is 31.3 Å². The molecule has 0 aliphatic carbocycles. The molecule has 0 saturated heterocycles. The fourth-order valence-electron chi connectivity index (χ4n) is 3.06. The highest BCUT2D eigenvalue weighted by atomic mass is 16.5. The number of imidazole rings is 1. The average Bonchev–Trinajstić information content (AvgIpc) is 3.03. The van der Waals surface area contributed by atoms with E-state index in [9.17, 15) is 0 Å². The minimum Gasteiger partial charge on any atom is -0.491 e. The summed E-state index contributed by atoms with van der Waals surface area (Å²) in [4.78, 5) is 4.80. The molecule has 1 heterocycles. The highest BCUT2D eigenvalue weighted by Gasteiger charge is 2.15. The standard InChI is InChI=1S/C20H25N3O2/c1-3-23-18-10-6-5-9-17(18)22-20(23)15(2)21-14-16-8-4-7-11-19(16)25-13-12-24/h4-11,15,21,24H,3,12-14H2,1-2H3. The van der Waals surface area contributed by atoms with E-state index < -0.39 is 0 Å². The van der Waals surface area contributed by atoms with E-state index in [1.807, 2.05) is 36.4 Å². The van der Waals surface area contributed by atoms with Crippen molar-refractivity contribution in [2.45, 2.75) is 33.0 Å². The second-order valence-corrected chi connectivity index (χ2v) is 5.99. The van der Waals surface area contributed by atoms with Crippen LogP contribution in [0.3, 0.4) is 0 Å². The Kier molecular flexibility index (Phi) is 5.68. The summed E-state index contributed by atoms with van der Waals surface area (Å²) in [7, 11) is 0. The smallest absolute Gasteiger partial charge is 0.126 e. The largest absolute Gasteiger partial charge is 0.491 e. The number of nitrogens with zero attached hydrogens (tertiary/aromatic N) is 2. The fraction of sp³-hybridized carbons (Fsp3) is 0.350. The molecular weight excluding hydrogens is 314 g/mol. The summed E-state index contributed by atoms with van der Waals surface area (Å²) in [6, 6.07) is 16.2. The number of aliphatic hydroxyl groups is 1. The topological polar surface area (TPSA) is 59.3 Å². The van der Waals surface area contributed by atoms with E-state index in [1.165, 1.54) is 5.52 Å². The minimum absolute atomic E-state index is 0.0126. The van der Waals surface area contributed by atoms with Gasteiger partial charge in [0.1, 0.15) is 18.2 Å². The summed E-state index contributed by atoms with van der Waals surface area (Å²) >= 11 is 0. The lowest BCUT2D eigenvalue weighted by atomic mass is 10.2. The van der Waals surface area contributed by atoms with Crippen LogP contribution in [0.2, 0.25) is 0 Å². The van der Waals surface area contributed by atoms with Gasteiger partial charge in [0.15, 0.2) is 0 Å². The third-order valence-corrected chi connectivity index (χ3v) is 4.31. The molecule has 2 N–H and O–H groups in total. The SMILES string of the molecule is CCn1c(C(C)NCc2ccccc2OCCO)nc2ccccc21. The van der Waals surface area contributed by atoms with Gasteiger partial charge in [-0.1, -0.05) is 30.3 Å². The van der Waals surface area contributed by atoms with Crippen molar-refractivity contribution in [3.05, 3.63) is 59.9 Å². The van der Waals surface area contributed by atoms with Crippen molar-refractivity contribution in [3.8, 4) is 5.75 Å². The van der Waals surface area contributed by atoms with E-state index in [-0.39, 0.29) is 12.6 Å². The van der Waals surface area contributed by atoms with Gasteiger partial charge in [0.25, 0.3) is 0 Å². The zero-order chi connectivity index (χ0) is 17.6. The molecule has 3 aromatic rings. The van der Waals surface area contributed by atoms with Crippen LogP contribution < -0.4 is 10.1 Å². The zero-order valence-electron chi connectivity index (χ0n) is 14.8. The number of aryl methyl sites for hydroxylation is 1. The van der Waals surface area contributed by atoms with Gasteiger partial charge in [-0.15, -0.1) is 0 Å². The highest BCUT2D eigenvalue weighted by molar-refractivity contribution is 5.76. The van der Waals surface area contributed by atoms with Crippen LogP contribution in [-0.4, -0.2) is 27.9 Å². The summed E-state index contributed by atoms with van der Waals surface area (Å²) < 4.78 is 7.86. The molecule has 5 nitrogen and oxygen atoms in total. The van der Waals surface area contributed by atoms with Crippen molar-refractivity contribution in [1.82, 2.24) is 14.9 Å². The second kappa shape index (κ2) is 8.14. The molecule has 0 radical (unpaired) electrons. The lowest BCUT2D eigenvalue weighted by Gasteiger charge is -2.17. The zero-order valence-corrected chi connectivity index (χ0v) is 14.8. The number of aliphatic hydroxyl groups excluding tert-OH is 1. The Morgan fingerprint density at radius 1 is 1.16 bits per heavy atom. The number of hydrogen-bond donors (Lipinski definition) is 2. The minimum atomic E-state index is 0.0126. The monoisotopic (exact) mass is 339 g/mol. The van der Waals surface area contributed by atoms with Crippen LogP contribution in [-0.2, 0) is 13.1 Å². The van der Waals surface area contributed by atoms with E-state index in [0.717, 1.165) is 29.2 Å². The molecule has 0 aliphatic heterocycles. The molecule has 3 rings (SSSR count). The Morgan fingerprint density at radius 3 is 2.72 bits per heavy atom. The van der Waals surface area contributed by atoms with E-state index in [2.05, 4.69) is 35.9 Å². The summed E-state index contributed by atoms with van der Waals surface area (Å²) in [6.07, 6.45) is 0. The molecule has 0 spiro atoms. The third kappa shape index (κ3) is 3.83. The van der Waals surface area contributed by atoms with Gasteiger partial charge in [0, 0.05) is 18.7 Å². The van der Waals surface area contributed by atoms with Gasteiger partial charge >= 0.3 is 0 Å². The van der Waals surface area contributed by atoms with Crippen molar-refractivity contribution in [2.75, 3.05) is 13.2 Å². The maximum absolute atomic E-state index is 8.96.